The van der Waals surface area contributed by atoms with E-state index in [1.807, 2.05) is 0 Å². The van der Waals surface area contributed by atoms with Crippen LogP contribution in [0.2, 0.25) is 0 Å². The highest BCUT2D eigenvalue weighted by Gasteiger charge is 2.13. The molecule has 20 heavy (non-hydrogen) atoms. The summed E-state index contributed by atoms with van der Waals surface area (Å²) in [4.78, 5) is 0. The number of hydrogen-bond acceptors (Lipinski definition) is 2. The Morgan fingerprint density at radius 3 is 2.80 bits per heavy atom. The third-order valence-electron chi connectivity index (χ3n) is 4.12. The van der Waals surface area contributed by atoms with Gasteiger partial charge < -0.3 is 9.73 Å². The molecule has 0 amide bonds. The van der Waals surface area contributed by atoms with Gasteiger partial charge in [0.25, 0.3) is 0 Å². The molecule has 0 aliphatic heterocycles. The lowest BCUT2D eigenvalue weighted by atomic mass is 9.89. The first-order chi connectivity index (χ1) is 9.88. The first kappa shape index (κ1) is 13.4. The Hall–Kier alpha value is -1.54. The summed E-state index contributed by atoms with van der Waals surface area (Å²) in [5, 5.41) is 3.42. The van der Waals surface area contributed by atoms with Crippen LogP contribution in [-0.4, -0.2) is 6.54 Å². The van der Waals surface area contributed by atoms with Crippen LogP contribution in [0, 0.1) is 0 Å². The molecule has 1 aromatic carbocycles. The van der Waals surface area contributed by atoms with E-state index in [9.17, 15) is 0 Å². The number of fused-ring (bicyclic) bond motifs is 1. The highest BCUT2D eigenvalue weighted by atomic mass is 16.3. The summed E-state index contributed by atoms with van der Waals surface area (Å²) in [6, 6.07) is 9.01. The van der Waals surface area contributed by atoms with Crippen LogP contribution in [0.3, 0.4) is 0 Å². The van der Waals surface area contributed by atoms with Gasteiger partial charge in [-0.25, -0.2) is 0 Å². The third-order valence-corrected chi connectivity index (χ3v) is 4.12. The Kier molecular flexibility index (Phi) is 4.22. The lowest BCUT2D eigenvalue weighted by molar-refractivity contribution is 0.484. The molecule has 106 valence electrons. The number of nitrogens with one attached hydrogen (secondary N) is 1. The molecule has 0 bridgehead atoms. The van der Waals surface area contributed by atoms with Crippen LogP contribution in [0.5, 0.6) is 0 Å². The van der Waals surface area contributed by atoms with Crippen molar-refractivity contribution < 1.29 is 4.42 Å². The smallest absolute Gasteiger partial charge is 0.125 e. The second-order valence-corrected chi connectivity index (χ2v) is 5.62. The lowest BCUT2D eigenvalue weighted by Gasteiger charge is -2.16. The fourth-order valence-electron chi connectivity index (χ4n) is 3.01. The van der Waals surface area contributed by atoms with E-state index < -0.39 is 0 Å². The molecule has 1 aromatic heterocycles. The van der Waals surface area contributed by atoms with Crippen LogP contribution < -0.4 is 5.32 Å². The van der Waals surface area contributed by atoms with Crippen molar-refractivity contribution in [2.75, 3.05) is 6.54 Å². The Morgan fingerprint density at radius 2 is 1.95 bits per heavy atom. The highest BCUT2D eigenvalue weighted by molar-refractivity contribution is 5.67. The predicted molar refractivity (Wildman–Crippen MR) is 82.8 cm³/mol. The molecule has 0 radical (unpaired) electrons. The molecular weight excluding hydrogens is 246 g/mol. The van der Waals surface area contributed by atoms with Crippen molar-refractivity contribution in [2.45, 2.75) is 45.6 Å². The molecule has 2 nitrogen and oxygen atoms in total. The van der Waals surface area contributed by atoms with Gasteiger partial charge in [0, 0.05) is 5.56 Å². The number of furan rings is 1. The molecule has 3 rings (SSSR count). The summed E-state index contributed by atoms with van der Waals surface area (Å²) in [5.74, 6) is 1.05. The minimum absolute atomic E-state index is 0.813. The molecule has 0 saturated carbocycles. The molecule has 0 spiro atoms. The van der Waals surface area contributed by atoms with Crippen LogP contribution >= 0.6 is 0 Å². The first-order valence-electron chi connectivity index (χ1n) is 7.77. The zero-order chi connectivity index (χ0) is 13.8. The van der Waals surface area contributed by atoms with Gasteiger partial charge in [-0.1, -0.05) is 25.1 Å². The molecule has 1 N–H and O–H groups in total. The summed E-state index contributed by atoms with van der Waals surface area (Å²) in [7, 11) is 0. The van der Waals surface area contributed by atoms with Crippen molar-refractivity contribution in [1.29, 1.82) is 0 Å². The fourth-order valence-corrected chi connectivity index (χ4v) is 3.01. The predicted octanol–water partition coefficient (Wildman–Crippen LogP) is 4.33. The van der Waals surface area contributed by atoms with Gasteiger partial charge in [-0.15, -0.1) is 0 Å². The van der Waals surface area contributed by atoms with Gasteiger partial charge in [-0.05, 0) is 61.4 Å². The van der Waals surface area contributed by atoms with Crippen molar-refractivity contribution in [3.8, 4) is 11.1 Å². The molecule has 0 unspecified atom stereocenters. The molecule has 1 heterocycles. The Bertz CT molecular complexity index is 571. The Labute approximate surface area is 121 Å². The molecule has 2 heteroatoms. The maximum atomic E-state index is 5.65. The van der Waals surface area contributed by atoms with E-state index in [-0.39, 0.29) is 0 Å². The maximum absolute atomic E-state index is 5.65. The first-order valence-corrected chi connectivity index (χ1v) is 7.77. The number of hydrogen-bond donors (Lipinski definition) is 1. The summed E-state index contributed by atoms with van der Waals surface area (Å²) < 4.78 is 5.65. The van der Waals surface area contributed by atoms with Gasteiger partial charge in [0.2, 0.25) is 0 Å². The largest absolute Gasteiger partial charge is 0.467 e. The van der Waals surface area contributed by atoms with Gasteiger partial charge in [-0.2, -0.15) is 0 Å². The van der Waals surface area contributed by atoms with E-state index in [4.69, 9.17) is 4.42 Å². The maximum Gasteiger partial charge on any atom is 0.125 e. The zero-order valence-electron chi connectivity index (χ0n) is 12.2. The van der Waals surface area contributed by atoms with Gasteiger partial charge in [0.1, 0.15) is 5.76 Å². The van der Waals surface area contributed by atoms with Crippen LogP contribution in [0.1, 0.15) is 43.1 Å². The van der Waals surface area contributed by atoms with Gasteiger partial charge >= 0.3 is 0 Å². The molecule has 0 fully saturated rings. The van der Waals surface area contributed by atoms with Crippen molar-refractivity contribution in [1.82, 2.24) is 5.32 Å². The average Bonchev–Trinajstić information content (AvgIpc) is 2.95. The van der Waals surface area contributed by atoms with E-state index in [2.05, 4.69) is 36.5 Å². The van der Waals surface area contributed by atoms with Gasteiger partial charge in [0.05, 0.1) is 12.8 Å². The number of rotatable bonds is 5. The quantitative estimate of drug-likeness (QED) is 0.817. The molecular formula is C18H23NO. The van der Waals surface area contributed by atoms with E-state index in [0.717, 1.165) is 25.3 Å². The highest BCUT2D eigenvalue weighted by Crippen LogP contribution is 2.30. The second-order valence-electron chi connectivity index (χ2n) is 5.62. The third kappa shape index (κ3) is 2.80. The normalized spacial score (nSPS) is 14.2. The number of benzene rings is 1. The van der Waals surface area contributed by atoms with Gasteiger partial charge in [-0.3, -0.25) is 0 Å². The monoisotopic (exact) mass is 269 g/mol. The Morgan fingerprint density at radius 1 is 1.10 bits per heavy atom. The minimum atomic E-state index is 0.813. The average molecular weight is 269 g/mol. The van der Waals surface area contributed by atoms with Crippen LogP contribution in [-0.2, 0) is 19.4 Å². The molecule has 0 atom stereocenters. The molecule has 1 aliphatic rings. The fraction of sp³-hybridized carbons (Fsp3) is 0.444. The van der Waals surface area contributed by atoms with Crippen LogP contribution in [0.4, 0.5) is 0 Å². The van der Waals surface area contributed by atoms with Crippen molar-refractivity contribution >= 4 is 0 Å². The Balaban J connectivity index is 1.84. The summed E-state index contributed by atoms with van der Waals surface area (Å²) in [6.07, 6.45) is 8.08. The van der Waals surface area contributed by atoms with E-state index in [1.54, 1.807) is 6.26 Å². The van der Waals surface area contributed by atoms with E-state index >= 15 is 0 Å². The van der Waals surface area contributed by atoms with E-state index in [1.165, 1.54) is 47.9 Å². The standard InChI is InChI=1S/C18H23NO/c1-2-10-19-13-18-17(9-11-20-18)16-8-7-14-5-3-4-6-15(14)12-16/h7-9,11-12,19H,2-6,10,13H2,1H3. The van der Waals surface area contributed by atoms with Crippen molar-refractivity contribution in [3.05, 3.63) is 47.4 Å². The van der Waals surface area contributed by atoms with Gasteiger partial charge in [0.15, 0.2) is 0 Å². The SMILES string of the molecule is CCCNCc1occc1-c1ccc2c(c1)CCCC2. The second kappa shape index (κ2) is 6.27. The number of aryl methyl sites for hydroxylation is 2. The zero-order valence-corrected chi connectivity index (χ0v) is 12.2. The van der Waals surface area contributed by atoms with E-state index in [0.29, 0.717) is 0 Å². The van der Waals surface area contributed by atoms with Crippen molar-refractivity contribution in [2.24, 2.45) is 0 Å². The molecule has 0 saturated heterocycles. The van der Waals surface area contributed by atoms with Crippen LogP contribution in [0.15, 0.2) is 34.9 Å². The summed E-state index contributed by atoms with van der Waals surface area (Å²) >= 11 is 0. The molecule has 2 aromatic rings. The minimum Gasteiger partial charge on any atom is -0.467 e. The molecule has 1 aliphatic carbocycles. The lowest BCUT2D eigenvalue weighted by Crippen LogP contribution is -2.13. The topological polar surface area (TPSA) is 25.2 Å². The summed E-state index contributed by atoms with van der Waals surface area (Å²) in [6.45, 7) is 4.02. The van der Waals surface area contributed by atoms with Crippen molar-refractivity contribution in [3.63, 3.8) is 0 Å². The van der Waals surface area contributed by atoms with Crippen LogP contribution in [0.25, 0.3) is 11.1 Å². The summed E-state index contributed by atoms with van der Waals surface area (Å²) in [5.41, 5.74) is 5.60.